The predicted molar refractivity (Wildman–Crippen MR) is 188 cm³/mol. The van der Waals surface area contributed by atoms with Gasteiger partial charge >= 0.3 is 88.7 Å². The van der Waals surface area contributed by atoms with Crippen LogP contribution in [-0.4, -0.2) is 57.3 Å². The van der Waals surface area contributed by atoms with Crippen molar-refractivity contribution < 1.29 is 148 Å². The van der Waals surface area contributed by atoms with Gasteiger partial charge in [0.15, 0.2) is 0 Å². The minimum atomic E-state index is -4.94. The van der Waals surface area contributed by atoms with Gasteiger partial charge in [-0.25, -0.2) is 0 Å². The SMILES string of the molecule is CCOc1cc(N=Nc2ccc(N=C(C)[O-])cc2S(=O)(=O)O)c2cc(S(=O)(=O)O)ccc2c1N=Nc1ccc2c(S(=O)(=O)O)ccc(N=C(C)[O-])c2c1[O-].[Na+].[Na+].[Na+]. The van der Waals surface area contributed by atoms with Gasteiger partial charge in [0.2, 0.25) is 0 Å². The zero-order chi connectivity index (χ0) is 39.7. The van der Waals surface area contributed by atoms with Crippen molar-refractivity contribution >= 4 is 97.8 Å². The largest absolute Gasteiger partial charge is 1.00 e. The fourth-order valence-corrected chi connectivity index (χ4v) is 6.97. The number of hydrogen-bond acceptors (Lipinski definition) is 16. The molecule has 0 radical (unpaired) electrons. The molecule has 0 bridgehead atoms. The zero-order valence-electron chi connectivity index (χ0n) is 30.9. The Balaban J connectivity index is 0.00000374. The maximum atomic E-state index is 13.7. The Hall–Kier alpha value is -2.91. The number of rotatable bonds is 11. The Morgan fingerprint density at radius 3 is 1.75 bits per heavy atom. The molecule has 0 aromatic heterocycles. The van der Waals surface area contributed by atoms with E-state index in [9.17, 15) is 54.2 Å². The summed E-state index contributed by atoms with van der Waals surface area (Å²) in [6, 6.07) is 11.9. The average molecular weight is 867 g/mol. The van der Waals surface area contributed by atoms with Crippen LogP contribution in [0.5, 0.6) is 11.5 Å². The second kappa shape index (κ2) is 19.9. The minimum Gasteiger partial charge on any atom is -0.870 e. The Kier molecular flexibility index (Phi) is 17.5. The Labute approximate surface area is 391 Å². The second-order valence-electron chi connectivity index (χ2n) is 11.0. The smallest absolute Gasteiger partial charge is 0.870 e. The summed E-state index contributed by atoms with van der Waals surface area (Å²) in [5.74, 6) is -2.37. The summed E-state index contributed by atoms with van der Waals surface area (Å²) in [6.45, 7) is 3.84. The van der Waals surface area contributed by atoms with Crippen LogP contribution in [0.3, 0.4) is 0 Å². The second-order valence-corrected chi connectivity index (χ2v) is 15.2. The van der Waals surface area contributed by atoms with Crippen LogP contribution in [0.1, 0.15) is 20.8 Å². The molecule has 0 atom stereocenters. The molecular formula is C32H25N6Na3O13S3. The van der Waals surface area contributed by atoms with E-state index in [0.717, 1.165) is 62.4 Å². The first kappa shape index (κ1) is 50.2. The summed E-state index contributed by atoms with van der Waals surface area (Å²) in [4.78, 5) is 5.39. The normalized spacial score (nSPS) is 12.7. The number of ether oxygens (including phenoxy) is 1. The van der Waals surface area contributed by atoms with E-state index in [4.69, 9.17) is 4.74 Å². The van der Waals surface area contributed by atoms with E-state index in [1.54, 1.807) is 6.92 Å². The van der Waals surface area contributed by atoms with Gasteiger partial charge in [-0.05, 0) is 81.1 Å². The molecule has 282 valence electrons. The molecule has 0 aliphatic heterocycles. The van der Waals surface area contributed by atoms with E-state index >= 15 is 0 Å². The molecule has 5 aromatic rings. The van der Waals surface area contributed by atoms with Crippen molar-refractivity contribution in [1.82, 2.24) is 0 Å². The van der Waals surface area contributed by atoms with Crippen LogP contribution in [0.25, 0.3) is 21.5 Å². The summed E-state index contributed by atoms with van der Waals surface area (Å²) < 4.78 is 108. The summed E-state index contributed by atoms with van der Waals surface area (Å²) in [5, 5.41) is 52.5. The van der Waals surface area contributed by atoms with Gasteiger partial charge in [-0.2, -0.15) is 30.4 Å². The van der Waals surface area contributed by atoms with Crippen molar-refractivity contribution in [2.75, 3.05) is 6.61 Å². The van der Waals surface area contributed by atoms with E-state index < -0.39 is 68.3 Å². The standard InChI is InChI=1S/C32H28N6O13S3.3Na/c1-4-51-27-15-26(37-35-23-9-5-18(33-16(2)39)13-29(23)54(48,49)50)22-14-19(52(42,43)44)6-7-20(22)31(27)38-36-25-10-8-21-28(53(45,46)47)12-11-24(34-17(3)40)30(21)32(25)41;;;/h5-15,41H,4H2,1-3H3,(H,33,39)(H,34,40)(H,42,43,44)(H,45,46,47)(H,48,49,50);;;/q;3*+1/p-3. The predicted octanol–water partition coefficient (Wildman–Crippen LogP) is -4.13. The molecule has 3 N–H and O–H groups in total. The first-order valence-electron chi connectivity index (χ1n) is 15.0. The summed E-state index contributed by atoms with van der Waals surface area (Å²) in [6.07, 6.45) is 0. The number of hydrogen-bond donors (Lipinski definition) is 3. The molecule has 0 aliphatic carbocycles. The van der Waals surface area contributed by atoms with Crippen molar-refractivity contribution in [3.63, 3.8) is 0 Å². The number of azo groups is 2. The molecule has 57 heavy (non-hydrogen) atoms. The number of benzene rings is 5. The summed E-state index contributed by atoms with van der Waals surface area (Å²) >= 11 is 0. The summed E-state index contributed by atoms with van der Waals surface area (Å²) in [5.41, 5.74) is -1.39. The minimum absolute atomic E-state index is 0. The van der Waals surface area contributed by atoms with Gasteiger partial charge in [0.05, 0.1) is 34.3 Å². The Bertz CT molecular complexity index is 2830. The molecule has 0 amide bonds. The maximum absolute atomic E-state index is 13.7. The van der Waals surface area contributed by atoms with Gasteiger partial charge < -0.3 is 20.1 Å². The van der Waals surface area contributed by atoms with Crippen molar-refractivity contribution in [2.24, 2.45) is 30.4 Å². The quantitative estimate of drug-likeness (QED) is 0.0374. The molecule has 0 saturated heterocycles. The van der Waals surface area contributed by atoms with Gasteiger partial charge in [-0.15, -0.1) is 15.3 Å². The molecular weight excluding hydrogens is 842 g/mol. The molecule has 0 unspecified atom stereocenters. The van der Waals surface area contributed by atoms with E-state index in [-0.39, 0.29) is 151 Å². The Morgan fingerprint density at radius 1 is 0.614 bits per heavy atom. The van der Waals surface area contributed by atoms with Gasteiger partial charge in [-0.1, -0.05) is 17.9 Å². The van der Waals surface area contributed by atoms with Gasteiger partial charge in [-0.3, -0.25) is 23.6 Å². The van der Waals surface area contributed by atoms with Crippen LogP contribution < -0.4 is 109 Å². The molecule has 0 spiro atoms. The topological polar surface area (TPSA) is 316 Å². The molecule has 0 aliphatic rings. The van der Waals surface area contributed by atoms with E-state index in [1.807, 2.05) is 0 Å². The van der Waals surface area contributed by atoms with E-state index in [0.29, 0.717) is 0 Å². The maximum Gasteiger partial charge on any atom is 1.00 e. The molecule has 0 saturated carbocycles. The van der Waals surface area contributed by atoms with Crippen molar-refractivity contribution in [1.29, 1.82) is 0 Å². The third-order valence-electron chi connectivity index (χ3n) is 7.26. The number of fused-ring (bicyclic) bond motifs is 2. The van der Waals surface area contributed by atoms with Crippen LogP contribution in [0, 0.1) is 0 Å². The fraction of sp³-hybridized carbons (Fsp3) is 0.125. The van der Waals surface area contributed by atoms with Crippen LogP contribution in [-0.2, 0) is 30.4 Å². The van der Waals surface area contributed by atoms with Crippen LogP contribution in [0.2, 0.25) is 0 Å². The average Bonchev–Trinajstić information content (AvgIpc) is 3.06. The van der Waals surface area contributed by atoms with Crippen LogP contribution >= 0.6 is 0 Å². The van der Waals surface area contributed by atoms with Gasteiger partial charge in [0.25, 0.3) is 30.4 Å². The Morgan fingerprint density at radius 2 is 1.18 bits per heavy atom. The van der Waals surface area contributed by atoms with Gasteiger partial charge in [0, 0.05) is 27.6 Å². The van der Waals surface area contributed by atoms with E-state index in [1.165, 1.54) is 18.2 Å². The van der Waals surface area contributed by atoms with Crippen LogP contribution in [0.15, 0.2) is 112 Å². The summed E-state index contributed by atoms with van der Waals surface area (Å²) in [7, 11) is -14.6. The molecule has 5 aromatic carbocycles. The van der Waals surface area contributed by atoms with E-state index in [2.05, 4.69) is 30.4 Å². The van der Waals surface area contributed by atoms with Crippen molar-refractivity contribution in [3.05, 3.63) is 66.7 Å². The molecule has 0 fully saturated rings. The molecule has 0 heterocycles. The molecule has 5 rings (SSSR count). The van der Waals surface area contributed by atoms with Crippen molar-refractivity contribution in [3.8, 4) is 11.5 Å². The first-order chi connectivity index (χ1) is 25.2. The molecule has 25 heteroatoms. The third-order valence-corrected chi connectivity index (χ3v) is 9.90. The monoisotopic (exact) mass is 866 g/mol. The molecule has 19 nitrogen and oxygen atoms in total. The fourth-order valence-electron chi connectivity index (χ4n) is 5.14. The van der Waals surface area contributed by atoms with Gasteiger partial charge in [0.1, 0.15) is 26.9 Å². The number of aliphatic imine (C=N–C) groups is 2. The van der Waals surface area contributed by atoms with Crippen molar-refractivity contribution in [2.45, 2.75) is 35.5 Å². The third kappa shape index (κ3) is 11.9. The van der Waals surface area contributed by atoms with Crippen LogP contribution in [0.4, 0.5) is 34.1 Å². The number of nitrogens with zero attached hydrogens (tertiary/aromatic N) is 6. The first-order valence-corrected chi connectivity index (χ1v) is 19.4. The zero-order valence-corrected chi connectivity index (χ0v) is 39.3.